The van der Waals surface area contributed by atoms with E-state index in [0.29, 0.717) is 17.6 Å². The third-order valence-corrected chi connectivity index (χ3v) is 5.15. The van der Waals surface area contributed by atoms with E-state index in [2.05, 4.69) is 20.4 Å². The zero-order chi connectivity index (χ0) is 20.6. The van der Waals surface area contributed by atoms with Crippen molar-refractivity contribution >= 4 is 22.9 Å². The Morgan fingerprint density at radius 1 is 1.24 bits per heavy atom. The highest BCUT2D eigenvalue weighted by atomic mass is 19.3. The number of fused-ring (bicyclic) bond motifs is 2. The van der Waals surface area contributed by atoms with E-state index < -0.39 is 19.1 Å². The van der Waals surface area contributed by atoms with E-state index in [1.54, 1.807) is 16.9 Å². The molecule has 0 saturated heterocycles. The highest BCUT2D eigenvalue weighted by molar-refractivity contribution is 5.96. The minimum atomic E-state index is -2.81. The summed E-state index contributed by atoms with van der Waals surface area (Å²) in [5.74, 6) is -2.80. The van der Waals surface area contributed by atoms with Gasteiger partial charge in [-0.2, -0.15) is 0 Å². The van der Waals surface area contributed by atoms with Gasteiger partial charge in [0.15, 0.2) is 0 Å². The molecule has 6 nitrogen and oxygen atoms in total. The largest absolute Gasteiger partial charge is 0.347 e. The van der Waals surface area contributed by atoms with Crippen LogP contribution >= 0.6 is 0 Å². The molecule has 29 heavy (non-hydrogen) atoms. The van der Waals surface area contributed by atoms with Crippen molar-refractivity contribution in [1.29, 1.82) is 0 Å². The smallest absolute Gasteiger partial charge is 0.264 e. The maximum atomic E-state index is 13.4. The van der Waals surface area contributed by atoms with Gasteiger partial charge in [-0.15, -0.1) is 5.10 Å². The number of alkyl halides is 3. The van der Waals surface area contributed by atoms with Crippen LogP contribution in [0.2, 0.25) is 0 Å². The molecule has 0 amide bonds. The van der Waals surface area contributed by atoms with E-state index in [1.807, 2.05) is 25.1 Å². The predicted octanol–water partition coefficient (Wildman–Crippen LogP) is 4.80. The first-order chi connectivity index (χ1) is 13.9. The van der Waals surface area contributed by atoms with Crippen molar-refractivity contribution in [2.75, 3.05) is 18.5 Å². The number of pyridine rings is 1. The molecule has 1 aliphatic heterocycles. The monoisotopic (exact) mass is 402 g/mol. The van der Waals surface area contributed by atoms with Gasteiger partial charge in [-0.25, -0.2) is 23.3 Å². The normalized spacial score (nSPS) is 16.2. The van der Waals surface area contributed by atoms with Crippen LogP contribution in [-0.4, -0.2) is 44.4 Å². The van der Waals surface area contributed by atoms with Gasteiger partial charge in [0.1, 0.15) is 0 Å². The molecule has 3 aromatic heterocycles. The first kappa shape index (κ1) is 19.4. The lowest BCUT2D eigenvalue weighted by Gasteiger charge is -2.14. The van der Waals surface area contributed by atoms with Crippen molar-refractivity contribution in [3.63, 3.8) is 0 Å². The number of anilines is 1. The lowest BCUT2D eigenvalue weighted by atomic mass is 9.98. The van der Waals surface area contributed by atoms with Crippen molar-refractivity contribution < 1.29 is 13.2 Å². The van der Waals surface area contributed by atoms with Crippen molar-refractivity contribution in [2.24, 2.45) is 4.99 Å². The van der Waals surface area contributed by atoms with Crippen molar-refractivity contribution in [3.8, 4) is 11.3 Å². The summed E-state index contributed by atoms with van der Waals surface area (Å²) in [5.41, 5.74) is 4.63. The molecule has 0 bridgehead atoms. The van der Waals surface area contributed by atoms with Gasteiger partial charge in [0.2, 0.25) is 5.95 Å². The second kappa shape index (κ2) is 7.46. The Morgan fingerprint density at radius 2 is 2.07 bits per heavy atom. The van der Waals surface area contributed by atoms with Crippen molar-refractivity contribution in [2.45, 2.75) is 38.5 Å². The van der Waals surface area contributed by atoms with Crippen LogP contribution in [0.4, 0.5) is 24.8 Å². The van der Waals surface area contributed by atoms with Gasteiger partial charge in [-0.1, -0.05) is 6.92 Å². The fraction of sp³-hybridized carbons (Fsp3) is 0.400. The topological polar surface area (TPSA) is 67.5 Å². The van der Waals surface area contributed by atoms with E-state index in [0.717, 1.165) is 22.7 Å². The Hall–Kier alpha value is -2.97. The molecule has 4 rings (SSSR count). The van der Waals surface area contributed by atoms with Gasteiger partial charge < -0.3 is 5.32 Å². The summed E-state index contributed by atoms with van der Waals surface area (Å²) in [6.07, 6.45) is 3.40. The number of aromatic nitrogens is 4. The summed E-state index contributed by atoms with van der Waals surface area (Å²) < 4.78 is 41.4. The van der Waals surface area contributed by atoms with Crippen LogP contribution in [0.15, 0.2) is 35.6 Å². The van der Waals surface area contributed by atoms with E-state index in [1.165, 1.54) is 6.92 Å². The molecule has 1 N–H and O–H groups in total. The zero-order valence-electron chi connectivity index (χ0n) is 16.2. The Bertz CT molecular complexity index is 1080. The average molecular weight is 402 g/mol. The summed E-state index contributed by atoms with van der Waals surface area (Å²) in [6, 6.07) is 5.58. The van der Waals surface area contributed by atoms with Gasteiger partial charge >= 0.3 is 0 Å². The Balaban J connectivity index is 1.63. The first-order valence-corrected chi connectivity index (χ1v) is 9.50. The van der Waals surface area contributed by atoms with Gasteiger partial charge in [-0.05, 0) is 31.5 Å². The molecular weight excluding hydrogens is 381 g/mol. The number of halogens is 3. The van der Waals surface area contributed by atoms with E-state index in [4.69, 9.17) is 4.98 Å². The predicted molar refractivity (Wildman–Crippen MR) is 106 cm³/mol. The standard InChI is InChI=1S/C20H21F3N6/c1-3-20(22,23)11-25-19-24-10-17-14(7-9-29(17)28-19)15-4-5-16-18(27-15)13(6-8-21)12(2)26-16/h4-5,7,9-10,13H,3,6,8,11H2,1-2H3,(H,25,28). The molecule has 0 aliphatic carbocycles. The SMILES string of the molecule is CCC(F)(F)CNc1ncc2c(-c3ccc4c(n3)C(CCF)C(C)=N4)ccn2n1. The Labute approximate surface area is 165 Å². The second-order valence-corrected chi connectivity index (χ2v) is 7.09. The number of hydrogen-bond acceptors (Lipinski definition) is 5. The molecular formula is C20H21F3N6. The maximum absolute atomic E-state index is 13.4. The molecule has 9 heteroatoms. The second-order valence-electron chi connectivity index (χ2n) is 7.09. The molecule has 3 aromatic rings. The average Bonchev–Trinajstić information content (AvgIpc) is 3.27. The van der Waals surface area contributed by atoms with Gasteiger partial charge in [0.05, 0.1) is 42.0 Å². The lowest BCUT2D eigenvalue weighted by Crippen LogP contribution is -2.27. The third kappa shape index (κ3) is 3.68. The van der Waals surface area contributed by atoms with Crippen molar-refractivity contribution in [3.05, 3.63) is 36.3 Å². The van der Waals surface area contributed by atoms with Crippen LogP contribution in [0.25, 0.3) is 16.8 Å². The van der Waals surface area contributed by atoms with Gasteiger partial charge in [0, 0.05) is 29.8 Å². The van der Waals surface area contributed by atoms with Crippen molar-refractivity contribution in [1.82, 2.24) is 19.6 Å². The number of hydrogen-bond donors (Lipinski definition) is 1. The summed E-state index contributed by atoms with van der Waals surface area (Å²) in [6.45, 7) is 2.36. The summed E-state index contributed by atoms with van der Waals surface area (Å²) >= 11 is 0. The molecule has 1 atom stereocenters. The third-order valence-electron chi connectivity index (χ3n) is 5.15. The minimum absolute atomic E-state index is 0.115. The molecule has 1 aliphatic rings. The molecule has 0 aromatic carbocycles. The fourth-order valence-electron chi connectivity index (χ4n) is 3.42. The molecule has 0 radical (unpaired) electrons. The van der Waals surface area contributed by atoms with Crippen LogP contribution in [0.1, 0.15) is 38.3 Å². The number of aliphatic imine (C=N–C) groups is 1. The lowest BCUT2D eigenvalue weighted by molar-refractivity contribution is 0.0114. The van der Waals surface area contributed by atoms with E-state index in [9.17, 15) is 13.2 Å². The highest BCUT2D eigenvalue weighted by Crippen LogP contribution is 2.38. The molecule has 4 heterocycles. The highest BCUT2D eigenvalue weighted by Gasteiger charge is 2.27. The van der Waals surface area contributed by atoms with Crippen LogP contribution in [0.3, 0.4) is 0 Å². The summed E-state index contributed by atoms with van der Waals surface area (Å²) in [4.78, 5) is 13.4. The van der Waals surface area contributed by atoms with Gasteiger partial charge in [-0.3, -0.25) is 9.38 Å². The fourth-order valence-corrected chi connectivity index (χ4v) is 3.42. The molecule has 1 unspecified atom stereocenters. The van der Waals surface area contributed by atoms with E-state index in [-0.39, 0.29) is 18.3 Å². The van der Waals surface area contributed by atoms with Crippen LogP contribution < -0.4 is 5.32 Å². The molecule has 0 spiro atoms. The van der Waals surface area contributed by atoms with Gasteiger partial charge in [0.25, 0.3) is 5.92 Å². The molecule has 0 fully saturated rings. The molecule has 0 saturated carbocycles. The minimum Gasteiger partial charge on any atom is -0.347 e. The first-order valence-electron chi connectivity index (χ1n) is 9.50. The number of nitrogens with one attached hydrogen (secondary N) is 1. The quantitative estimate of drug-likeness (QED) is 0.617. The summed E-state index contributed by atoms with van der Waals surface area (Å²) in [7, 11) is 0. The number of rotatable bonds is 7. The van der Waals surface area contributed by atoms with E-state index >= 15 is 0 Å². The van der Waals surface area contributed by atoms with Crippen LogP contribution in [-0.2, 0) is 0 Å². The van der Waals surface area contributed by atoms with Crippen LogP contribution in [0, 0.1) is 0 Å². The summed E-state index contributed by atoms with van der Waals surface area (Å²) in [5, 5.41) is 6.83. The van der Waals surface area contributed by atoms with Crippen LogP contribution in [0.5, 0.6) is 0 Å². The molecule has 152 valence electrons. The Kier molecular flexibility index (Phi) is 4.97. The maximum Gasteiger partial charge on any atom is 0.264 e. The zero-order valence-corrected chi connectivity index (χ0v) is 16.2. The Morgan fingerprint density at radius 3 is 2.83 bits per heavy atom. The number of nitrogens with zero attached hydrogens (tertiary/aromatic N) is 5.